The predicted octanol–water partition coefficient (Wildman–Crippen LogP) is 4.03. The van der Waals surface area contributed by atoms with E-state index in [4.69, 9.17) is 5.73 Å². The van der Waals surface area contributed by atoms with Crippen LogP contribution in [0.1, 0.15) is 53.8 Å². The molecule has 3 unspecified atom stereocenters. The number of urea groups is 1. The molecule has 0 bridgehead atoms. The maximum absolute atomic E-state index is 13.8. The second-order valence-corrected chi connectivity index (χ2v) is 10.5. The van der Waals surface area contributed by atoms with Gasteiger partial charge in [-0.1, -0.05) is 42.7 Å². The minimum Gasteiger partial charge on any atom is -0.350 e. The Bertz CT molecular complexity index is 1340. The lowest BCUT2D eigenvalue weighted by Gasteiger charge is -2.37. The van der Waals surface area contributed by atoms with Gasteiger partial charge in [-0.2, -0.15) is 0 Å². The molecule has 8 nitrogen and oxygen atoms in total. The van der Waals surface area contributed by atoms with Gasteiger partial charge < -0.3 is 25.8 Å². The minimum absolute atomic E-state index is 0.0989. The number of carbonyl (C=O) groups excluding carboxylic acids is 2. The third-order valence-electron chi connectivity index (χ3n) is 7.75. The molecule has 1 saturated carbocycles. The average Bonchev–Trinajstić information content (AvgIpc) is 3.28. The molecule has 200 valence electrons. The van der Waals surface area contributed by atoms with Crippen molar-refractivity contribution < 1.29 is 14.0 Å². The van der Waals surface area contributed by atoms with E-state index in [1.165, 1.54) is 39.8 Å². The number of halogens is 1. The topological polar surface area (TPSA) is 105 Å². The summed E-state index contributed by atoms with van der Waals surface area (Å²) in [6, 6.07) is 10.6. The lowest BCUT2D eigenvalue weighted by molar-refractivity contribution is -0.127. The second-order valence-electron chi connectivity index (χ2n) is 10.5. The van der Waals surface area contributed by atoms with E-state index in [-0.39, 0.29) is 24.5 Å². The second kappa shape index (κ2) is 10.9. The summed E-state index contributed by atoms with van der Waals surface area (Å²) in [6.45, 7) is 4.96. The zero-order valence-electron chi connectivity index (χ0n) is 21.9. The van der Waals surface area contributed by atoms with Gasteiger partial charge >= 0.3 is 6.03 Å². The third kappa shape index (κ3) is 5.57. The molecule has 3 amide bonds. The van der Waals surface area contributed by atoms with E-state index in [1.54, 1.807) is 12.4 Å². The quantitative estimate of drug-likeness (QED) is 0.474. The molecular weight excluding hydrogens is 483 g/mol. The lowest BCUT2D eigenvalue weighted by Crippen LogP contribution is -2.58. The fraction of sp³-hybridized carbons (Fsp3) is 0.414. The van der Waals surface area contributed by atoms with Crippen molar-refractivity contribution in [3.63, 3.8) is 0 Å². The van der Waals surface area contributed by atoms with Crippen LogP contribution in [0.5, 0.6) is 0 Å². The molecule has 3 aromatic rings. The average molecular weight is 519 g/mol. The molecule has 0 spiro atoms. The Morgan fingerprint density at radius 2 is 1.95 bits per heavy atom. The SMILES string of the molecule is Cc1ccc(C)c(Cn2cnc3c2CN(C(=O)Nc2cccc(F)c2)C(C(=O)NC2CCCCC2N)C3)c1. The standard InChI is InChI=1S/C29H35FN6O2/c1-18-10-11-19(2)20(12-18)15-35-17-32-25-14-26(28(37)34-24-9-4-3-8-23(24)31)36(16-27(25)35)29(38)33-22-7-5-6-21(30)13-22/h5-7,10-13,17,23-24,26H,3-4,8-9,14-16,31H2,1-2H3,(H,33,38)(H,34,37). The van der Waals surface area contributed by atoms with Gasteiger partial charge in [0.1, 0.15) is 11.9 Å². The number of hydrogen-bond acceptors (Lipinski definition) is 4. The monoisotopic (exact) mass is 518 g/mol. The molecule has 3 atom stereocenters. The number of anilines is 1. The predicted molar refractivity (Wildman–Crippen MR) is 144 cm³/mol. The zero-order valence-corrected chi connectivity index (χ0v) is 21.9. The van der Waals surface area contributed by atoms with Gasteiger partial charge in [-0.3, -0.25) is 4.79 Å². The molecule has 2 aliphatic rings. The van der Waals surface area contributed by atoms with Crippen LogP contribution in [0.15, 0.2) is 48.8 Å². The van der Waals surface area contributed by atoms with Crippen molar-refractivity contribution in [3.8, 4) is 0 Å². The molecule has 4 N–H and O–H groups in total. The van der Waals surface area contributed by atoms with Gasteiger partial charge in [-0.05, 0) is 56.0 Å². The highest BCUT2D eigenvalue weighted by Gasteiger charge is 2.38. The smallest absolute Gasteiger partial charge is 0.322 e. The first-order valence-corrected chi connectivity index (χ1v) is 13.3. The molecule has 9 heteroatoms. The number of carbonyl (C=O) groups is 2. The van der Waals surface area contributed by atoms with Crippen molar-refractivity contribution in [2.45, 2.75) is 77.2 Å². The van der Waals surface area contributed by atoms with Gasteiger partial charge in [-0.25, -0.2) is 14.2 Å². The van der Waals surface area contributed by atoms with Crippen molar-refractivity contribution in [2.75, 3.05) is 5.32 Å². The van der Waals surface area contributed by atoms with Crippen LogP contribution in [0.3, 0.4) is 0 Å². The Morgan fingerprint density at radius 3 is 2.74 bits per heavy atom. The largest absolute Gasteiger partial charge is 0.350 e. The summed E-state index contributed by atoms with van der Waals surface area (Å²) in [4.78, 5) is 33.2. The van der Waals surface area contributed by atoms with Crippen LogP contribution < -0.4 is 16.4 Å². The van der Waals surface area contributed by atoms with Gasteiger partial charge in [-0.15, -0.1) is 0 Å². The van der Waals surface area contributed by atoms with Gasteiger partial charge in [0.05, 0.1) is 24.3 Å². The summed E-state index contributed by atoms with van der Waals surface area (Å²) < 4.78 is 15.8. The Balaban J connectivity index is 1.42. The molecule has 0 radical (unpaired) electrons. The van der Waals surface area contributed by atoms with Crippen LogP contribution in [-0.2, 0) is 24.3 Å². The van der Waals surface area contributed by atoms with Crippen LogP contribution in [0.2, 0.25) is 0 Å². The molecule has 1 fully saturated rings. The van der Waals surface area contributed by atoms with Crippen molar-refractivity contribution in [1.82, 2.24) is 19.8 Å². The minimum atomic E-state index is -0.755. The summed E-state index contributed by atoms with van der Waals surface area (Å²) in [5.41, 5.74) is 11.8. The van der Waals surface area contributed by atoms with Crippen LogP contribution in [0.25, 0.3) is 0 Å². The van der Waals surface area contributed by atoms with Gasteiger partial charge in [0.2, 0.25) is 5.91 Å². The molecule has 1 aliphatic carbocycles. The number of fused-ring (bicyclic) bond motifs is 1. The van der Waals surface area contributed by atoms with Crippen LogP contribution in [0.4, 0.5) is 14.9 Å². The summed E-state index contributed by atoms with van der Waals surface area (Å²) >= 11 is 0. The van der Waals surface area contributed by atoms with Crippen molar-refractivity contribution in [3.05, 3.63) is 82.7 Å². The third-order valence-corrected chi connectivity index (χ3v) is 7.75. The Kier molecular flexibility index (Phi) is 7.46. The molecule has 1 aliphatic heterocycles. The van der Waals surface area contributed by atoms with E-state index in [0.717, 1.165) is 37.1 Å². The fourth-order valence-electron chi connectivity index (χ4n) is 5.48. The van der Waals surface area contributed by atoms with Gasteiger partial charge in [0.15, 0.2) is 0 Å². The summed E-state index contributed by atoms with van der Waals surface area (Å²) in [5.74, 6) is -0.688. The van der Waals surface area contributed by atoms with Crippen LogP contribution in [-0.4, -0.2) is 44.5 Å². The molecule has 38 heavy (non-hydrogen) atoms. The zero-order chi connectivity index (χ0) is 26.8. The number of aromatic nitrogens is 2. The Morgan fingerprint density at radius 1 is 1.13 bits per heavy atom. The maximum atomic E-state index is 13.8. The number of hydrogen-bond donors (Lipinski definition) is 3. The number of nitrogens with one attached hydrogen (secondary N) is 2. The molecular formula is C29H35FN6O2. The first-order valence-electron chi connectivity index (χ1n) is 13.3. The van der Waals surface area contributed by atoms with E-state index in [2.05, 4.69) is 47.7 Å². The highest BCUT2D eigenvalue weighted by Crippen LogP contribution is 2.26. The van der Waals surface area contributed by atoms with Crippen molar-refractivity contribution >= 4 is 17.6 Å². The fourth-order valence-corrected chi connectivity index (χ4v) is 5.48. The van der Waals surface area contributed by atoms with Crippen molar-refractivity contribution in [2.24, 2.45) is 5.73 Å². The van der Waals surface area contributed by atoms with E-state index >= 15 is 0 Å². The number of nitrogens with zero attached hydrogens (tertiary/aromatic N) is 3. The number of amides is 3. The number of nitrogens with two attached hydrogens (primary N) is 1. The molecule has 1 aromatic heterocycles. The highest BCUT2D eigenvalue weighted by molar-refractivity contribution is 5.94. The van der Waals surface area contributed by atoms with Crippen LogP contribution in [0, 0.1) is 19.7 Å². The van der Waals surface area contributed by atoms with Gasteiger partial charge in [0, 0.05) is 30.7 Å². The molecule has 2 heterocycles. The highest BCUT2D eigenvalue weighted by atomic mass is 19.1. The van der Waals surface area contributed by atoms with E-state index in [9.17, 15) is 14.0 Å². The molecule has 2 aromatic carbocycles. The Labute approximate surface area is 222 Å². The van der Waals surface area contributed by atoms with Gasteiger partial charge in [0.25, 0.3) is 0 Å². The number of benzene rings is 2. The maximum Gasteiger partial charge on any atom is 0.322 e. The molecule has 5 rings (SSSR count). The van der Waals surface area contributed by atoms with Crippen molar-refractivity contribution in [1.29, 1.82) is 0 Å². The first kappa shape index (κ1) is 25.9. The van der Waals surface area contributed by atoms with E-state index in [0.29, 0.717) is 18.7 Å². The number of rotatable bonds is 5. The number of imidazole rings is 1. The molecule has 0 saturated heterocycles. The summed E-state index contributed by atoms with van der Waals surface area (Å²) in [6.07, 6.45) is 5.84. The lowest BCUT2D eigenvalue weighted by atomic mass is 9.90. The summed E-state index contributed by atoms with van der Waals surface area (Å²) in [5, 5.41) is 5.88. The number of aryl methyl sites for hydroxylation is 2. The normalized spacial score (nSPS) is 21.1. The van der Waals surface area contributed by atoms with E-state index in [1.807, 2.05) is 4.57 Å². The first-order chi connectivity index (χ1) is 18.3. The summed E-state index contributed by atoms with van der Waals surface area (Å²) in [7, 11) is 0. The Hall–Kier alpha value is -3.72. The van der Waals surface area contributed by atoms with E-state index < -0.39 is 17.9 Å². The van der Waals surface area contributed by atoms with Crippen LogP contribution >= 0.6 is 0 Å².